The Hall–Kier alpha value is 3.85. The van der Waals surface area contributed by atoms with E-state index in [1.807, 2.05) is 0 Å². The van der Waals surface area contributed by atoms with Crippen LogP contribution in [0.5, 0.6) is 0 Å². The third-order valence-corrected chi connectivity index (χ3v) is 0. The topological polar surface area (TPSA) is 85.5 Å². The second-order valence-electron chi connectivity index (χ2n) is 0. The molecule has 0 amide bonds. The van der Waals surface area contributed by atoms with E-state index in [1.165, 1.54) is 0 Å². The summed E-state index contributed by atoms with van der Waals surface area (Å²) in [4.78, 5) is 0. The first-order valence-corrected chi connectivity index (χ1v) is 0. The quantitative estimate of drug-likeness (QED) is 0.524. The third-order valence-electron chi connectivity index (χ3n) is 0. The van der Waals surface area contributed by atoms with E-state index in [4.69, 9.17) is 0 Å². The van der Waals surface area contributed by atoms with Crippen molar-refractivity contribution in [2.75, 3.05) is 0 Å². The van der Waals surface area contributed by atoms with Gasteiger partial charge in [-0.15, -0.1) is 0 Å². The number of hydrogen-bond acceptors (Lipinski definition) is 0. The summed E-state index contributed by atoms with van der Waals surface area (Å²) in [5.74, 6) is 0. The van der Waals surface area contributed by atoms with Gasteiger partial charge in [-0.1, -0.05) is 0 Å². The minimum absolute atomic E-state index is 0. The van der Waals surface area contributed by atoms with Crippen LogP contribution in [0.4, 0.5) is 0 Å². The van der Waals surface area contributed by atoms with E-state index in [1.54, 1.807) is 0 Å². The Morgan fingerprint density at radius 1 is 0.429 bits per heavy atom. The van der Waals surface area contributed by atoms with Crippen LogP contribution < -0.4 is 0 Å². The molecule has 0 fully saturated rings. The third kappa shape index (κ3) is 40.9. The van der Waals surface area contributed by atoms with Gasteiger partial charge in [-0.2, -0.15) is 0 Å². The maximum Gasteiger partial charge on any atom is 3.00 e. The zero-order chi connectivity index (χ0) is 0. The van der Waals surface area contributed by atoms with Gasteiger partial charge in [0, 0.05) is 52.4 Å². The van der Waals surface area contributed by atoms with Crippen LogP contribution in [0.25, 0.3) is 0 Å². The Labute approximate surface area is 131 Å². The fraction of sp³-hybridized carbons (Fsp3) is 0. The van der Waals surface area contributed by atoms with Crippen molar-refractivity contribution in [2.24, 2.45) is 0 Å². The van der Waals surface area contributed by atoms with Crippen molar-refractivity contribution < 1.29 is 134 Å². The molecule has 0 aliphatic rings. The van der Waals surface area contributed by atoms with Crippen molar-refractivity contribution in [3.63, 3.8) is 0 Å². The van der Waals surface area contributed by atoms with Crippen LogP contribution in [-0.2, 0) is 134 Å². The molecule has 0 aliphatic heterocycles. The van der Waals surface area contributed by atoms with Crippen molar-refractivity contribution in [1.82, 2.24) is 0 Å². The molecule has 0 saturated heterocycles. The summed E-state index contributed by atoms with van der Waals surface area (Å²) in [5.41, 5.74) is 0. The molecule has 0 spiro atoms. The molecular formula is O3Y2Zr2. The summed E-state index contributed by atoms with van der Waals surface area (Å²) >= 11 is 0. The zero-order valence-electron chi connectivity index (χ0n) is 3.38. The Morgan fingerprint density at radius 3 is 0.429 bits per heavy atom. The van der Waals surface area contributed by atoms with E-state index in [2.05, 4.69) is 0 Å². The average Bonchev–Trinajstić information content (AvgIpc) is 0. The smallest absolute Gasteiger partial charge is 2.00 e. The van der Waals surface area contributed by atoms with Gasteiger partial charge in [-0.05, 0) is 0 Å². The predicted octanol–water partition coefficient (Wildman–Crippen LogP) is -0.366. The second kappa shape index (κ2) is 52.0. The van der Waals surface area contributed by atoms with E-state index in [0.717, 1.165) is 0 Å². The molecule has 0 radical (unpaired) electrons. The van der Waals surface area contributed by atoms with Crippen LogP contribution in [0.2, 0.25) is 0 Å². The van der Waals surface area contributed by atoms with Crippen LogP contribution in [0, 0.1) is 0 Å². The molecule has 0 aromatic rings. The van der Waals surface area contributed by atoms with Gasteiger partial charge in [0.1, 0.15) is 0 Å². The fourth-order valence-electron chi connectivity index (χ4n) is 0. The summed E-state index contributed by atoms with van der Waals surface area (Å²) in [7, 11) is 0. The fourth-order valence-corrected chi connectivity index (χ4v) is 0. The van der Waals surface area contributed by atoms with E-state index >= 15 is 0 Å². The molecule has 0 aromatic carbocycles. The summed E-state index contributed by atoms with van der Waals surface area (Å²) in [6.45, 7) is 0. The Balaban J connectivity index is 0. The van der Waals surface area contributed by atoms with Crippen molar-refractivity contribution >= 4 is 0 Å². The summed E-state index contributed by atoms with van der Waals surface area (Å²) in [5, 5.41) is 0. The average molecular weight is 408 g/mol. The van der Waals surface area contributed by atoms with Crippen molar-refractivity contribution in [3.8, 4) is 0 Å². The van der Waals surface area contributed by atoms with Crippen molar-refractivity contribution in [2.45, 2.75) is 0 Å². The standard InChI is InChI=1S/3O.2Y.2Zr/q3*-2;2*+3;;. The molecule has 7 heavy (non-hydrogen) atoms. The normalized spacial score (nSPS) is 0. The molecule has 0 rings (SSSR count). The molecule has 0 aromatic heterocycles. The molecule has 0 bridgehead atoms. The van der Waals surface area contributed by atoms with Gasteiger partial charge in [0.2, 0.25) is 0 Å². The largest absolute Gasteiger partial charge is 3.00 e. The molecule has 0 unspecified atom stereocenters. The molecule has 0 heterocycles. The molecule has 0 atom stereocenters. The van der Waals surface area contributed by atoms with Crippen LogP contribution >= 0.6 is 0 Å². The first kappa shape index (κ1) is 71.0. The number of hydrogen-bond donors (Lipinski definition) is 0. The molecule has 0 N–H and O–H groups in total. The van der Waals surface area contributed by atoms with E-state index in [-0.39, 0.29) is 134 Å². The van der Waals surface area contributed by atoms with Crippen LogP contribution in [-0.4, -0.2) is 0 Å². The van der Waals surface area contributed by atoms with Crippen LogP contribution in [0.15, 0.2) is 0 Å². The Bertz CT molecular complexity index is 10.9. The monoisotopic (exact) mass is 406 g/mol. The summed E-state index contributed by atoms with van der Waals surface area (Å²) in [6, 6.07) is 0. The molecule has 7 heteroatoms. The maximum atomic E-state index is 0. The zero-order valence-corrected chi connectivity index (χ0v) is 14.0. The first-order valence-electron chi connectivity index (χ1n) is 0. The van der Waals surface area contributed by atoms with Gasteiger partial charge in [0.05, 0.1) is 0 Å². The van der Waals surface area contributed by atoms with Crippen molar-refractivity contribution in [3.05, 3.63) is 0 Å². The van der Waals surface area contributed by atoms with Gasteiger partial charge in [0.15, 0.2) is 0 Å². The maximum absolute atomic E-state index is 0. The van der Waals surface area contributed by atoms with Crippen LogP contribution in [0.3, 0.4) is 0 Å². The molecule has 3 nitrogen and oxygen atoms in total. The first-order chi connectivity index (χ1) is 0. The molecule has 0 aliphatic carbocycles. The minimum atomic E-state index is 0. The van der Waals surface area contributed by atoms with E-state index in [0.29, 0.717) is 0 Å². The second-order valence-corrected chi connectivity index (χ2v) is 0. The van der Waals surface area contributed by atoms with Gasteiger partial charge in [-0.3, -0.25) is 0 Å². The summed E-state index contributed by atoms with van der Waals surface area (Å²) < 4.78 is 0. The molecule has 0 saturated carbocycles. The van der Waals surface area contributed by atoms with Crippen LogP contribution in [0.1, 0.15) is 0 Å². The van der Waals surface area contributed by atoms with Gasteiger partial charge < -0.3 is 16.4 Å². The van der Waals surface area contributed by atoms with E-state index < -0.39 is 0 Å². The molecular weight excluding hydrogens is 408 g/mol. The Morgan fingerprint density at radius 2 is 0.429 bits per heavy atom. The molecule has 32 valence electrons. The minimum Gasteiger partial charge on any atom is -2.00 e. The van der Waals surface area contributed by atoms with E-state index in [9.17, 15) is 0 Å². The van der Waals surface area contributed by atoms with Gasteiger partial charge in [0.25, 0.3) is 0 Å². The van der Waals surface area contributed by atoms with Gasteiger partial charge >= 0.3 is 65.4 Å². The SMILES string of the molecule is [O-2].[O-2].[O-2].[Y+3].[Y+3].[Zr].[Zr]. The van der Waals surface area contributed by atoms with Crippen molar-refractivity contribution in [1.29, 1.82) is 0 Å². The summed E-state index contributed by atoms with van der Waals surface area (Å²) in [6.07, 6.45) is 0. The number of rotatable bonds is 0. The van der Waals surface area contributed by atoms with Gasteiger partial charge in [-0.25, -0.2) is 0 Å². The Kier molecular flexibility index (Phi) is 527. The predicted molar refractivity (Wildman–Crippen MR) is 2.06 cm³/mol.